The zero-order chi connectivity index (χ0) is 15.2. The van der Waals surface area contributed by atoms with Crippen LogP contribution in [0.1, 0.15) is 30.7 Å². The van der Waals surface area contributed by atoms with Crippen LogP contribution in [0.5, 0.6) is 5.75 Å². The van der Waals surface area contributed by atoms with Gasteiger partial charge in [0.15, 0.2) is 5.96 Å². The van der Waals surface area contributed by atoms with Gasteiger partial charge >= 0.3 is 0 Å². The van der Waals surface area contributed by atoms with Gasteiger partial charge in [-0.25, -0.2) is 0 Å². The number of para-hydroxylation sites is 1. The fraction of sp³-hybridized carbons (Fsp3) is 0.588. The highest BCUT2D eigenvalue weighted by Gasteiger charge is 2.21. The van der Waals surface area contributed by atoms with Gasteiger partial charge in [0.2, 0.25) is 0 Å². The van der Waals surface area contributed by atoms with Gasteiger partial charge in [0, 0.05) is 31.3 Å². The minimum absolute atomic E-state index is 0.490. The normalized spacial score (nSPS) is 24.5. The van der Waals surface area contributed by atoms with Gasteiger partial charge in [0.25, 0.3) is 0 Å². The molecular weight excluding hydrogens is 294 g/mol. The number of aliphatic imine (C=N–C) groups is 1. The number of thioether (sulfide) groups is 1. The van der Waals surface area contributed by atoms with Crippen LogP contribution in [0.15, 0.2) is 29.3 Å². The predicted molar refractivity (Wildman–Crippen MR) is 94.1 cm³/mol. The van der Waals surface area contributed by atoms with E-state index in [1.807, 2.05) is 13.1 Å². The molecule has 0 aromatic heterocycles. The lowest BCUT2D eigenvalue weighted by Gasteiger charge is -2.26. The van der Waals surface area contributed by atoms with E-state index in [0.29, 0.717) is 5.92 Å². The number of nitrogens with one attached hydrogen (secondary N) is 2. The average Bonchev–Trinajstić information content (AvgIpc) is 3.08. The fourth-order valence-electron chi connectivity index (χ4n) is 3.08. The first-order valence-corrected chi connectivity index (χ1v) is 9.19. The molecule has 1 aromatic rings. The number of guanidine groups is 1. The Morgan fingerprint density at radius 3 is 2.95 bits per heavy atom. The van der Waals surface area contributed by atoms with Crippen molar-refractivity contribution in [3.05, 3.63) is 29.8 Å². The summed E-state index contributed by atoms with van der Waals surface area (Å²) in [6.45, 7) is 2.71. The third-order valence-corrected chi connectivity index (χ3v) is 5.74. The highest BCUT2D eigenvalue weighted by atomic mass is 32.2. The number of nitrogens with zero attached hydrogens (tertiary/aromatic N) is 1. The van der Waals surface area contributed by atoms with Crippen molar-refractivity contribution in [2.24, 2.45) is 4.99 Å². The first-order valence-electron chi connectivity index (χ1n) is 8.14. The summed E-state index contributed by atoms with van der Waals surface area (Å²) in [5.74, 6) is 3.74. The smallest absolute Gasteiger partial charge is 0.191 e. The van der Waals surface area contributed by atoms with E-state index in [4.69, 9.17) is 4.74 Å². The number of benzene rings is 1. The molecule has 5 heteroatoms. The monoisotopic (exact) mass is 319 g/mol. The van der Waals surface area contributed by atoms with Crippen molar-refractivity contribution in [1.82, 2.24) is 10.6 Å². The lowest BCUT2D eigenvalue weighted by molar-refractivity contribution is 0.267. The van der Waals surface area contributed by atoms with Gasteiger partial charge in [-0.05, 0) is 36.6 Å². The third kappa shape index (κ3) is 3.88. The van der Waals surface area contributed by atoms with Crippen LogP contribution in [0.2, 0.25) is 0 Å². The van der Waals surface area contributed by atoms with E-state index in [1.165, 1.54) is 24.2 Å². The summed E-state index contributed by atoms with van der Waals surface area (Å²) in [5.41, 5.74) is 1.31. The molecule has 4 nitrogen and oxygen atoms in total. The lowest BCUT2D eigenvalue weighted by Crippen LogP contribution is -2.42. The summed E-state index contributed by atoms with van der Waals surface area (Å²) in [7, 11) is 1.84. The molecule has 0 amide bonds. The van der Waals surface area contributed by atoms with E-state index in [1.54, 1.807) is 0 Å². The van der Waals surface area contributed by atoms with Gasteiger partial charge in [0.05, 0.1) is 6.61 Å². The highest BCUT2D eigenvalue weighted by Crippen LogP contribution is 2.32. The van der Waals surface area contributed by atoms with Gasteiger partial charge in [-0.1, -0.05) is 18.2 Å². The van der Waals surface area contributed by atoms with Crippen molar-refractivity contribution >= 4 is 17.7 Å². The quantitative estimate of drug-likeness (QED) is 0.661. The minimum Gasteiger partial charge on any atom is -0.493 e. The van der Waals surface area contributed by atoms with E-state index in [2.05, 4.69) is 45.6 Å². The Morgan fingerprint density at radius 1 is 1.27 bits per heavy atom. The molecule has 120 valence electrons. The Hall–Kier alpha value is -1.36. The van der Waals surface area contributed by atoms with Gasteiger partial charge < -0.3 is 15.4 Å². The molecule has 2 heterocycles. The Bertz CT molecular complexity index is 514. The molecule has 2 unspecified atom stereocenters. The molecule has 1 saturated heterocycles. The zero-order valence-corrected chi connectivity index (χ0v) is 14.0. The van der Waals surface area contributed by atoms with Crippen LogP contribution in [-0.2, 0) is 0 Å². The molecule has 1 fully saturated rings. The van der Waals surface area contributed by atoms with Gasteiger partial charge in [-0.2, -0.15) is 11.8 Å². The van der Waals surface area contributed by atoms with Gasteiger partial charge in [-0.3, -0.25) is 4.99 Å². The first kappa shape index (κ1) is 15.5. The molecular formula is C17H25N3OS. The van der Waals surface area contributed by atoms with Crippen molar-refractivity contribution in [3.63, 3.8) is 0 Å². The highest BCUT2D eigenvalue weighted by molar-refractivity contribution is 8.00. The summed E-state index contributed by atoms with van der Waals surface area (Å²) < 4.78 is 5.73. The van der Waals surface area contributed by atoms with Gasteiger partial charge in [0.1, 0.15) is 5.75 Å². The Morgan fingerprint density at radius 2 is 2.14 bits per heavy atom. The van der Waals surface area contributed by atoms with Crippen molar-refractivity contribution in [2.75, 3.05) is 32.5 Å². The molecule has 0 radical (unpaired) electrons. The number of ether oxygens (including phenoxy) is 1. The maximum atomic E-state index is 5.73. The summed E-state index contributed by atoms with van der Waals surface area (Å²) >= 11 is 2.07. The first-order chi connectivity index (χ1) is 10.9. The molecule has 2 N–H and O–H groups in total. The van der Waals surface area contributed by atoms with E-state index in [9.17, 15) is 0 Å². The average molecular weight is 319 g/mol. The summed E-state index contributed by atoms with van der Waals surface area (Å²) in [6.07, 6.45) is 3.73. The molecule has 0 aliphatic carbocycles. The fourth-order valence-corrected chi connectivity index (χ4v) is 4.29. The SMILES string of the molecule is CN=C(NCC1CCCS1)NCC1CCOc2ccccc21. The van der Waals surface area contributed by atoms with E-state index >= 15 is 0 Å². The van der Waals surface area contributed by atoms with Crippen molar-refractivity contribution in [3.8, 4) is 5.75 Å². The summed E-state index contributed by atoms with van der Waals surface area (Å²) in [4.78, 5) is 4.34. The van der Waals surface area contributed by atoms with Gasteiger partial charge in [-0.15, -0.1) is 0 Å². The summed E-state index contributed by atoms with van der Waals surface area (Å²) in [6, 6.07) is 8.36. The molecule has 0 saturated carbocycles. The van der Waals surface area contributed by atoms with E-state index in [0.717, 1.165) is 43.1 Å². The number of fused-ring (bicyclic) bond motifs is 1. The predicted octanol–water partition coefficient (Wildman–Crippen LogP) is 2.61. The maximum absolute atomic E-state index is 5.73. The van der Waals surface area contributed by atoms with Crippen LogP contribution < -0.4 is 15.4 Å². The zero-order valence-electron chi connectivity index (χ0n) is 13.2. The van der Waals surface area contributed by atoms with Crippen LogP contribution >= 0.6 is 11.8 Å². The molecule has 0 spiro atoms. The molecule has 2 atom stereocenters. The molecule has 22 heavy (non-hydrogen) atoms. The number of hydrogen-bond acceptors (Lipinski definition) is 3. The number of rotatable bonds is 4. The third-order valence-electron chi connectivity index (χ3n) is 4.34. The van der Waals surface area contributed by atoms with Crippen molar-refractivity contribution in [2.45, 2.75) is 30.4 Å². The van der Waals surface area contributed by atoms with Crippen LogP contribution in [0.3, 0.4) is 0 Å². The van der Waals surface area contributed by atoms with Crippen LogP contribution in [0.4, 0.5) is 0 Å². The second kappa shape index (κ2) is 7.77. The van der Waals surface area contributed by atoms with Crippen molar-refractivity contribution in [1.29, 1.82) is 0 Å². The molecule has 2 aliphatic rings. The van der Waals surface area contributed by atoms with Crippen LogP contribution in [-0.4, -0.2) is 43.7 Å². The van der Waals surface area contributed by atoms with E-state index < -0.39 is 0 Å². The standard InChI is InChI=1S/C17H25N3OS/c1-18-17(20-12-14-5-4-10-22-14)19-11-13-8-9-21-16-7-3-2-6-15(13)16/h2-3,6-7,13-14H,4-5,8-12H2,1H3,(H2,18,19,20). The van der Waals surface area contributed by atoms with Crippen LogP contribution in [0.25, 0.3) is 0 Å². The largest absolute Gasteiger partial charge is 0.493 e. The maximum Gasteiger partial charge on any atom is 0.191 e. The summed E-state index contributed by atoms with van der Waals surface area (Å²) in [5, 5.41) is 7.68. The Labute approximate surface area is 137 Å². The Balaban J connectivity index is 1.50. The second-order valence-corrected chi connectivity index (χ2v) is 7.25. The van der Waals surface area contributed by atoms with E-state index in [-0.39, 0.29) is 0 Å². The molecule has 2 aliphatic heterocycles. The molecule has 0 bridgehead atoms. The lowest BCUT2D eigenvalue weighted by atomic mass is 9.93. The molecule has 3 rings (SSSR count). The number of hydrogen-bond donors (Lipinski definition) is 2. The minimum atomic E-state index is 0.490. The topological polar surface area (TPSA) is 45.7 Å². The second-order valence-electron chi connectivity index (χ2n) is 5.84. The Kier molecular flexibility index (Phi) is 5.48. The van der Waals surface area contributed by atoms with Crippen LogP contribution in [0, 0.1) is 0 Å². The van der Waals surface area contributed by atoms with Crippen molar-refractivity contribution < 1.29 is 4.74 Å². The molecule has 1 aromatic carbocycles.